The number of hydrazine groups is 1. The zero-order valence-corrected chi connectivity index (χ0v) is 14.3. The third-order valence-electron chi connectivity index (χ3n) is 3.92. The number of esters is 1. The highest BCUT2D eigenvalue weighted by Gasteiger charge is 2.18. The van der Waals surface area contributed by atoms with Crippen LogP contribution in [0.1, 0.15) is 32.7 Å². The van der Waals surface area contributed by atoms with Gasteiger partial charge >= 0.3 is 5.97 Å². The summed E-state index contributed by atoms with van der Waals surface area (Å²) in [6, 6.07) is 13.1. The molecule has 138 valence electrons. The van der Waals surface area contributed by atoms with E-state index in [1.54, 1.807) is 42.5 Å². The van der Waals surface area contributed by atoms with E-state index in [1.165, 1.54) is 6.07 Å². The van der Waals surface area contributed by atoms with Gasteiger partial charge in [0.05, 0.1) is 5.56 Å². The van der Waals surface area contributed by atoms with Crippen LogP contribution in [0, 0.1) is 0 Å². The number of carbonyl (C=O) groups excluding carboxylic acids is 4. The number of carbonyl (C=O) groups is 4. The van der Waals surface area contributed by atoms with Crippen LogP contribution in [0.5, 0.6) is 0 Å². The lowest BCUT2D eigenvalue weighted by Crippen LogP contribution is -2.43. The van der Waals surface area contributed by atoms with E-state index in [2.05, 4.69) is 16.2 Å². The lowest BCUT2D eigenvalue weighted by Gasteiger charge is -2.17. The number of nitrogens with one attached hydrogen (secondary N) is 3. The maximum Gasteiger partial charge on any atom is 0.338 e. The Bertz CT molecular complexity index is 895. The first kappa shape index (κ1) is 18.1. The fraction of sp³-hybridized carbons (Fsp3) is 0.158. The summed E-state index contributed by atoms with van der Waals surface area (Å²) in [6.07, 6.45) is 0.892. The van der Waals surface area contributed by atoms with Gasteiger partial charge in [0.25, 0.3) is 11.8 Å². The molecule has 0 saturated carbocycles. The Balaban J connectivity index is 1.48. The molecule has 0 unspecified atom stereocenters. The van der Waals surface area contributed by atoms with Gasteiger partial charge in [-0.3, -0.25) is 25.2 Å². The zero-order valence-electron chi connectivity index (χ0n) is 14.3. The minimum atomic E-state index is -0.669. The molecule has 3 rings (SSSR count). The van der Waals surface area contributed by atoms with E-state index in [9.17, 15) is 19.2 Å². The number of fused-ring (bicyclic) bond motifs is 1. The molecule has 2 aromatic rings. The van der Waals surface area contributed by atoms with Gasteiger partial charge in [0, 0.05) is 17.7 Å². The third kappa shape index (κ3) is 4.69. The van der Waals surface area contributed by atoms with Crippen LogP contribution in [0.3, 0.4) is 0 Å². The van der Waals surface area contributed by atoms with Gasteiger partial charge in [0.15, 0.2) is 6.61 Å². The van der Waals surface area contributed by atoms with Gasteiger partial charge in [0.1, 0.15) is 0 Å². The standard InChI is InChI=1S/C19H17N3O5/c23-16-9-7-13-10-14(6-8-15(13)20-16)19(26)27-11-17(24)21-22-18(25)12-4-2-1-3-5-12/h1-6,8,10H,7,9,11H2,(H,20,23)(H,21,24)(H,22,25). The number of hydrogen-bond acceptors (Lipinski definition) is 5. The van der Waals surface area contributed by atoms with Crippen molar-refractivity contribution in [3.05, 3.63) is 65.2 Å². The van der Waals surface area contributed by atoms with Crippen LogP contribution in [-0.4, -0.2) is 30.3 Å². The highest BCUT2D eigenvalue weighted by molar-refractivity contribution is 5.97. The van der Waals surface area contributed by atoms with E-state index in [4.69, 9.17) is 4.74 Å². The predicted molar refractivity (Wildman–Crippen MR) is 95.7 cm³/mol. The monoisotopic (exact) mass is 367 g/mol. The van der Waals surface area contributed by atoms with Gasteiger partial charge in [-0.1, -0.05) is 18.2 Å². The van der Waals surface area contributed by atoms with E-state index in [0.29, 0.717) is 24.1 Å². The van der Waals surface area contributed by atoms with Gasteiger partial charge in [-0.2, -0.15) is 0 Å². The molecule has 27 heavy (non-hydrogen) atoms. The Morgan fingerprint density at radius 3 is 2.52 bits per heavy atom. The quantitative estimate of drug-likeness (QED) is 0.555. The fourth-order valence-corrected chi connectivity index (χ4v) is 2.55. The molecule has 0 saturated heterocycles. The van der Waals surface area contributed by atoms with Gasteiger partial charge in [-0.15, -0.1) is 0 Å². The van der Waals surface area contributed by atoms with Gasteiger partial charge in [-0.25, -0.2) is 4.79 Å². The first-order chi connectivity index (χ1) is 13.0. The molecule has 3 amide bonds. The normalized spacial score (nSPS) is 12.4. The minimum absolute atomic E-state index is 0.0629. The smallest absolute Gasteiger partial charge is 0.338 e. The molecule has 0 spiro atoms. The van der Waals surface area contributed by atoms with E-state index < -0.39 is 24.4 Å². The highest BCUT2D eigenvalue weighted by Crippen LogP contribution is 2.23. The molecular weight excluding hydrogens is 350 g/mol. The molecule has 0 radical (unpaired) electrons. The van der Waals surface area contributed by atoms with E-state index in [0.717, 1.165) is 5.56 Å². The molecule has 2 aromatic carbocycles. The predicted octanol–water partition coefficient (Wildman–Crippen LogP) is 1.19. The fourth-order valence-electron chi connectivity index (χ4n) is 2.55. The maximum absolute atomic E-state index is 12.1. The van der Waals surface area contributed by atoms with Gasteiger partial charge in [-0.05, 0) is 42.3 Å². The second-order valence-electron chi connectivity index (χ2n) is 5.86. The number of ether oxygens (including phenoxy) is 1. The van der Waals surface area contributed by atoms with Crippen molar-refractivity contribution in [3.8, 4) is 0 Å². The Hall–Kier alpha value is -3.68. The van der Waals surface area contributed by atoms with Crippen LogP contribution in [0.4, 0.5) is 5.69 Å². The van der Waals surface area contributed by atoms with E-state index in [1.807, 2.05) is 0 Å². The molecule has 0 atom stereocenters. The minimum Gasteiger partial charge on any atom is -0.452 e. The summed E-state index contributed by atoms with van der Waals surface area (Å²) in [4.78, 5) is 47.0. The number of hydrogen-bond donors (Lipinski definition) is 3. The van der Waals surface area contributed by atoms with Crippen molar-refractivity contribution in [1.82, 2.24) is 10.9 Å². The van der Waals surface area contributed by atoms with Gasteiger partial charge < -0.3 is 10.1 Å². The largest absolute Gasteiger partial charge is 0.452 e. The first-order valence-corrected chi connectivity index (χ1v) is 8.27. The van der Waals surface area contributed by atoms with E-state index in [-0.39, 0.29) is 11.5 Å². The van der Waals surface area contributed by atoms with Crippen LogP contribution in [0.15, 0.2) is 48.5 Å². The van der Waals surface area contributed by atoms with Crippen molar-refractivity contribution in [1.29, 1.82) is 0 Å². The molecule has 1 aliphatic heterocycles. The van der Waals surface area contributed by atoms with Crippen LogP contribution < -0.4 is 16.2 Å². The number of benzene rings is 2. The summed E-state index contributed by atoms with van der Waals surface area (Å²) >= 11 is 0. The van der Waals surface area contributed by atoms with Crippen LogP contribution in [-0.2, 0) is 20.7 Å². The summed E-state index contributed by atoms with van der Waals surface area (Å²) in [6.45, 7) is -0.540. The van der Waals surface area contributed by atoms with Crippen molar-refractivity contribution >= 4 is 29.4 Å². The molecule has 8 nitrogen and oxygen atoms in total. The molecule has 0 aliphatic carbocycles. The summed E-state index contributed by atoms with van der Waals surface area (Å²) < 4.78 is 4.95. The number of anilines is 1. The van der Waals surface area contributed by atoms with Crippen molar-refractivity contribution in [2.45, 2.75) is 12.8 Å². The zero-order chi connectivity index (χ0) is 19.2. The lowest BCUT2D eigenvalue weighted by molar-refractivity contribution is -0.125. The van der Waals surface area contributed by atoms with Gasteiger partial charge in [0.2, 0.25) is 5.91 Å². The van der Waals surface area contributed by atoms with Crippen molar-refractivity contribution in [3.63, 3.8) is 0 Å². The lowest BCUT2D eigenvalue weighted by atomic mass is 10.0. The highest BCUT2D eigenvalue weighted by atomic mass is 16.5. The molecule has 8 heteroatoms. The summed E-state index contributed by atoms with van der Waals surface area (Å²) in [5.41, 5.74) is 6.59. The second-order valence-corrected chi connectivity index (χ2v) is 5.86. The number of rotatable bonds is 4. The topological polar surface area (TPSA) is 114 Å². The van der Waals surface area contributed by atoms with Crippen LogP contribution in [0.25, 0.3) is 0 Å². The Morgan fingerprint density at radius 2 is 1.74 bits per heavy atom. The molecule has 0 bridgehead atoms. The Kier molecular flexibility index (Phi) is 5.46. The summed E-state index contributed by atoms with van der Waals surface area (Å²) in [7, 11) is 0. The molecule has 3 N–H and O–H groups in total. The van der Waals surface area contributed by atoms with Crippen molar-refractivity contribution in [2.24, 2.45) is 0 Å². The molecular formula is C19H17N3O5. The number of amides is 3. The molecule has 1 heterocycles. The summed E-state index contributed by atoms with van der Waals surface area (Å²) in [5, 5.41) is 2.72. The van der Waals surface area contributed by atoms with Crippen LogP contribution >= 0.6 is 0 Å². The number of aryl methyl sites for hydroxylation is 1. The van der Waals surface area contributed by atoms with Crippen molar-refractivity contribution in [2.75, 3.05) is 11.9 Å². The average molecular weight is 367 g/mol. The SMILES string of the molecule is O=C(COC(=O)c1ccc2c(c1)CCC(=O)N2)NNC(=O)c1ccccc1. The van der Waals surface area contributed by atoms with Crippen molar-refractivity contribution < 1.29 is 23.9 Å². The van der Waals surface area contributed by atoms with E-state index >= 15 is 0 Å². The maximum atomic E-state index is 12.1. The first-order valence-electron chi connectivity index (χ1n) is 8.27. The molecule has 0 fully saturated rings. The third-order valence-corrected chi connectivity index (χ3v) is 3.92. The Labute approximate surface area is 154 Å². The molecule has 0 aromatic heterocycles. The van der Waals surface area contributed by atoms with Crippen LogP contribution in [0.2, 0.25) is 0 Å². The Morgan fingerprint density at radius 1 is 0.963 bits per heavy atom. The second kappa shape index (κ2) is 8.13. The molecule has 1 aliphatic rings. The summed E-state index contributed by atoms with van der Waals surface area (Å²) in [5.74, 6) is -1.88. The average Bonchev–Trinajstić information content (AvgIpc) is 2.70.